The van der Waals surface area contributed by atoms with Crippen LogP contribution in [0.3, 0.4) is 0 Å². The van der Waals surface area contributed by atoms with Gasteiger partial charge >= 0.3 is 0 Å². The lowest BCUT2D eigenvalue weighted by molar-refractivity contribution is 0.102. The number of benzene rings is 3. The SMILES string of the molecule is COc1cccc(C(=O)Nc2ccc(N3CCN(c4c(F)c(F)c(F)c(F)c4F)CC3)c(Cl)c2)c1. The molecule has 3 aromatic rings. The van der Waals surface area contributed by atoms with Crippen molar-refractivity contribution < 1.29 is 31.5 Å². The molecule has 35 heavy (non-hydrogen) atoms. The molecular weight excluding hydrogens is 493 g/mol. The molecule has 5 nitrogen and oxygen atoms in total. The number of hydrogen-bond donors (Lipinski definition) is 1. The highest BCUT2D eigenvalue weighted by Crippen LogP contribution is 2.33. The number of anilines is 3. The molecule has 1 aliphatic rings. The number of piperazine rings is 1. The van der Waals surface area contributed by atoms with E-state index in [0.717, 1.165) is 4.90 Å². The van der Waals surface area contributed by atoms with Gasteiger partial charge < -0.3 is 19.9 Å². The molecule has 1 amide bonds. The number of carbonyl (C=O) groups excluding carboxylic acids is 1. The Balaban J connectivity index is 1.45. The van der Waals surface area contributed by atoms with Crippen LogP contribution in [0.1, 0.15) is 10.4 Å². The predicted octanol–water partition coefficient (Wildman–Crippen LogP) is 5.62. The van der Waals surface area contributed by atoms with Gasteiger partial charge in [0.15, 0.2) is 23.3 Å². The lowest BCUT2D eigenvalue weighted by Crippen LogP contribution is -2.47. The minimum atomic E-state index is -2.19. The molecule has 184 valence electrons. The zero-order valence-corrected chi connectivity index (χ0v) is 19.1. The molecule has 0 aromatic heterocycles. The Hall–Kier alpha value is -3.53. The summed E-state index contributed by atoms with van der Waals surface area (Å²) in [6.07, 6.45) is 0. The summed E-state index contributed by atoms with van der Waals surface area (Å²) in [6, 6.07) is 11.5. The molecule has 1 aliphatic heterocycles. The zero-order valence-electron chi connectivity index (χ0n) is 18.3. The molecule has 0 atom stereocenters. The number of halogens is 6. The fourth-order valence-electron chi connectivity index (χ4n) is 3.85. The van der Waals surface area contributed by atoms with Crippen LogP contribution in [0.5, 0.6) is 5.75 Å². The fourth-order valence-corrected chi connectivity index (χ4v) is 4.15. The molecule has 0 radical (unpaired) electrons. The van der Waals surface area contributed by atoms with Crippen LogP contribution in [0, 0.1) is 29.1 Å². The van der Waals surface area contributed by atoms with Crippen molar-refractivity contribution in [2.45, 2.75) is 0 Å². The van der Waals surface area contributed by atoms with Crippen molar-refractivity contribution in [2.75, 3.05) is 48.4 Å². The third-order valence-corrected chi connectivity index (χ3v) is 5.96. The first-order chi connectivity index (χ1) is 16.7. The average molecular weight is 512 g/mol. The third kappa shape index (κ3) is 4.84. The maximum Gasteiger partial charge on any atom is 0.255 e. The average Bonchev–Trinajstić information content (AvgIpc) is 2.87. The summed E-state index contributed by atoms with van der Waals surface area (Å²) in [4.78, 5) is 15.4. The van der Waals surface area contributed by atoms with Crippen molar-refractivity contribution in [1.29, 1.82) is 0 Å². The molecule has 1 fully saturated rings. The highest BCUT2D eigenvalue weighted by Gasteiger charge is 2.31. The van der Waals surface area contributed by atoms with E-state index in [1.807, 2.05) is 4.90 Å². The van der Waals surface area contributed by atoms with Crippen molar-refractivity contribution in [3.8, 4) is 5.75 Å². The van der Waals surface area contributed by atoms with Gasteiger partial charge in [-0.15, -0.1) is 0 Å². The van der Waals surface area contributed by atoms with E-state index in [0.29, 0.717) is 27.7 Å². The molecule has 0 aliphatic carbocycles. The van der Waals surface area contributed by atoms with E-state index < -0.39 is 34.8 Å². The lowest BCUT2D eigenvalue weighted by atomic mass is 10.1. The first kappa shape index (κ1) is 24.6. The Morgan fingerprint density at radius 3 is 2.06 bits per heavy atom. The molecule has 0 bridgehead atoms. The standard InChI is InChI=1S/C24H19ClF5N3O2/c1-35-15-4-2-3-13(11-15)24(34)31-14-5-6-17(16(25)12-14)32-7-9-33(10-8-32)23-21(29)19(27)18(26)20(28)22(23)30/h2-6,11-12H,7-10H2,1H3,(H,31,34). The molecule has 1 heterocycles. The summed E-state index contributed by atoms with van der Waals surface area (Å²) in [7, 11) is 1.50. The van der Waals surface area contributed by atoms with Gasteiger partial charge in [0.05, 0.1) is 17.8 Å². The summed E-state index contributed by atoms with van der Waals surface area (Å²) in [5.41, 5.74) is 0.506. The number of methoxy groups -OCH3 is 1. The molecule has 1 saturated heterocycles. The number of ether oxygens (including phenoxy) is 1. The van der Waals surface area contributed by atoms with Crippen molar-refractivity contribution in [2.24, 2.45) is 0 Å². The maximum absolute atomic E-state index is 14.1. The lowest BCUT2D eigenvalue weighted by Gasteiger charge is -2.38. The second-order valence-electron chi connectivity index (χ2n) is 7.74. The van der Waals surface area contributed by atoms with Gasteiger partial charge in [-0.1, -0.05) is 17.7 Å². The van der Waals surface area contributed by atoms with Gasteiger partial charge in [-0.2, -0.15) is 0 Å². The Morgan fingerprint density at radius 2 is 1.46 bits per heavy atom. The molecular formula is C24H19ClF5N3O2. The van der Waals surface area contributed by atoms with E-state index in [4.69, 9.17) is 16.3 Å². The topological polar surface area (TPSA) is 44.8 Å². The molecule has 4 rings (SSSR count). The number of rotatable bonds is 5. The van der Waals surface area contributed by atoms with Crippen LogP contribution in [-0.4, -0.2) is 39.2 Å². The van der Waals surface area contributed by atoms with E-state index in [2.05, 4.69) is 5.32 Å². The summed E-state index contributed by atoms with van der Waals surface area (Å²) >= 11 is 6.42. The highest BCUT2D eigenvalue weighted by molar-refractivity contribution is 6.33. The van der Waals surface area contributed by atoms with Crippen LogP contribution in [0.15, 0.2) is 42.5 Å². The number of amides is 1. The monoisotopic (exact) mass is 511 g/mol. The maximum atomic E-state index is 14.1. The molecule has 0 saturated carbocycles. The Morgan fingerprint density at radius 1 is 0.857 bits per heavy atom. The van der Waals surface area contributed by atoms with Gasteiger partial charge in [-0.05, 0) is 36.4 Å². The smallest absolute Gasteiger partial charge is 0.255 e. The van der Waals surface area contributed by atoms with E-state index in [-0.39, 0.29) is 32.1 Å². The molecule has 3 aromatic carbocycles. The van der Waals surface area contributed by atoms with Crippen molar-refractivity contribution in [3.63, 3.8) is 0 Å². The number of hydrogen-bond acceptors (Lipinski definition) is 4. The normalized spacial score (nSPS) is 13.7. The van der Waals surface area contributed by atoms with Gasteiger partial charge in [0, 0.05) is 37.4 Å². The number of carbonyl (C=O) groups is 1. The van der Waals surface area contributed by atoms with Gasteiger partial charge in [-0.25, -0.2) is 22.0 Å². The van der Waals surface area contributed by atoms with E-state index in [9.17, 15) is 26.7 Å². The first-order valence-corrected chi connectivity index (χ1v) is 10.8. The van der Waals surface area contributed by atoms with Crippen LogP contribution in [0.2, 0.25) is 5.02 Å². The van der Waals surface area contributed by atoms with E-state index >= 15 is 0 Å². The predicted molar refractivity (Wildman–Crippen MR) is 123 cm³/mol. The molecule has 0 spiro atoms. The van der Waals surface area contributed by atoms with Gasteiger partial charge in [0.1, 0.15) is 11.4 Å². The summed E-state index contributed by atoms with van der Waals surface area (Å²) in [5, 5.41) is 3.06. The molecule has 1 N–H and O–H groups in total. The Bertz CT molecular complexity index is 1250. The first-order valence-electron chi connectivity index (χ1n) is 10.5. The van der Waals surface area contributed by atoms with Crippen LogP contribution < -0.4 is 19.9 Å². The number of nitrogens with one attached hydrogen (secondary N) is 1. The van der Waals surface area contributed by atoms with Crippen LogP contribution in [0.25, 0.3) is 0 Å². The van der Waals surface area contributed by atoms with E-state index in [1.54, 1.807) is 42.5 Å². The minimum absolute atomic E-state index is 0.00298. The molecule has 0 unspecified atom stereocenters. The van der Waals surface area contributed by atoms with Crippen molar-refractivity contribution in [1.82, 2.24) is 0 Å². The minimum Gasteiger partial charge on any atom is -0.497 e. The van der Waals surface area contributed by atoms with Crippen molar-refractivity contribution in [3.05, 3.63) is 82.1 Å². The summed E-state index contributed by atoms with van der Waals surface area (Å²) < 4.78 is 73.9. The molecule has 11 heteroatoms. The van der Waals surface area contributed by atoms with Gasteiger partial charge in [0.2, 0.25) is 5.82 Å². The summed E-state index contributed by atoms with van der Waals surface area (Å²) in [5.74, 6) is -9.67. The Labute approximate surface area is 202 Å². The quantitative estimate of drug-likeness (QED) is 0.274. The second-order valence-corrected chi connectivity index (χ2v) is 8.15. The third-order valence-electron chi connectivity index (χ3n) is 5.66. The zero-order chi connectivity index (χ0) is 25.3. The van der Waals surface area contributed by atoms with Crippen LogP contribution >= 0.6 is 11.6 Å². The van der Waals surface area contributed by atoms with Gasteiger partial charge in [-0.3, -0.25) is 4.79 Å². The Kier molecular flexibility index (Phi) is 7.02. The van der Waals surface area contributed by atoms with Crippen LogP contribution in [-0.2, 0) is 0 Å². The highest BCUT2D eigenvalue weighted by atomic mass is 35.5. The largest absolute Gasteiger partial charge is 0.497 e. The fraction of sp³-hybridized carbons (Fsp3) is 0.208. The second kappa shape index (κ2) is 9.99. The van der Waals surface area contributed by atoms with Gasteiger partial charge in [0.25, 0.3) is 5.91 Å². The number of nitrogens with zero attached hydrogens (tertiary/aromatic N) is 2. The summed E-state index contributed by atoms with van der Waals surface area (Å²) in [6.45, 7) is 0.440. The van der Waals surface area contributed by atoms with Crippen molar-refractivity contribution >= 4 is 34.6 Å². The van der Waals surface area contributed by atoms with E-state index in [1.165, 1.54) is 7.11 Å². The van der Waals surface area contributed by atoms with Crippen LogP contribution in [0.4, 0.5) is 39.0 Å².